The molecule has 20 heavy (non-hydrogen) atoms. The zero-order valence-electron chi connectivity index (χ0n) is 12.0. The molecule has 0 saturated heterocycles. The fraction of sp³-hybridized carbons (Fsp3) is 0.429. The molecule has 0 spiro atoms. The number of hydrogen-bond donors (Lipinski definition) is 0. The minimum atomic E-state index is 0.0453. The molecule has 0 aliphatic heterocycles. The van der Waals surface area contributed by atoms with Crippen LogP contribution in [0.15, 0.2) is 29.1 Å². The molecule has 2 aromatic heterocycles. The van der Waals surface area contributed by atoms with Crippen LogP contribution in [0.3, 0.4) is 0 Å². The summed E-state index contributed by atoms with van der Waals surface area (Å²) in [6.07, 6.45) is 5.67. The quantitative estimate of drug-likeness (QED) is 0.841. The van der Waals surface area contributed by atoms with Crippen molar-refractivity contribution in [2.24, 2.45) is 7.05 Å². The molecule has 0 aromatic carbocycles. The van der Waals surface area contributed by atoms with Crippen LogP contribution in [0.1, 0.15) is 29.9 Å². The van der Waals surface area contributed by atoms with Crippen LogP contribution >= 0.6 is 15.9 Å². The highest BCUT2D eigenvalue weighted by Gasteiger charge is 2.19. The minimum absolute atomic E-state index is 0.0453. The van der Waals surface area contributed by atoms with Crippen molar-refractivity contribution in [3.63, 3.8) is 0 Å². The molecule has 6 heteroatoms. The predicted molar refractivity (Wildman–Crippen MR) is 81.4 cm³/mol. The monoisotopic (exact) mass is 338 g/mol. The van der Waals surface area contributed by atoms with Gasteiger partial charge in [0.15, 0.2) is 0 Å². The van der Waals surface area contributed by atoms with Crippen molar-refractivity contribution in [2.45, 2.75) is 26.9 Å². The SMILES string of the molecule is CCN(Cc1cnn(C)c1)C(=O)c1cc(Br)cn1CC. The van der Waals surface area contributed by atoms with Gasteiger partial charge in [-0.2, -0.15) is 5.10 Å². The summed E-state index contributed by atoms with van der Waals surface area (Å²) >= 11 is 3.43. The number of nitrogens with zero attached hydrogens (tertiary/aromatic N) is 4. The van der Waals surface area contributed by atoms with Crippen molar-refractivity contribution in [3.05, 3.63) is 40.4 Å². The lowest BCUT2D eigenvalue weighted by Gasteiger charge is -2.20. The van der Waals surface area contributed by atoms with E-state index in [-0.39, 0.29) is 5.91 Å². The average Bonchev–Trinajstić information content (AvgIpc) is 3.01. The molecule has 2 aromatic rings. The Morgan fingerprint density at radius 1 is 1.40 bits per heavy atom. The topological polar surface area (TPSA) is 43.1 Å². The number of carbonyl (C=O) groups excluding carboxylic acids is 1. The summed E-state index contributed by atoms with van der Waals surface area (Å²) in [5, 5.41) is 4.14. The lowest BCUT2D eigenvalue weighted by atomic mass is 10.3. The standard InChI is InChI=1S/C14H19BrN4O/c1-4-18-10-12(15)6-13(18)14(20)19(5-2)9-11-7-16-17(3)8-11/h6-8,10H,4-5,9H2,1-3H3. The molecule has 1 amide bonds. The summed E-state index contributed by atoms with van der Waals surface area (Å²) in [5.74, 6) is 0.0453. The molecule has 0 fully saturated rings. The van der Waals surface area contributed by atoms with Gasteiger partial charge < -0.3 is 9.47 Å². The van der Waals surface area contributed by atoms with E-state index in [2.05, 4.69) is 21.0 Å². The van der Waals surface area contributed by atoms with E-state index >= 15 is 0 Å². The van der Waals surface area contributed by atoms with Gasteiger partial charge in [-0.05, 0) is 35.8 Å². The van der Waals surface area contributed by atoms with Crippen molar-refractivity contribution in [1.29, 1.82) is 0 Å². The molecular formula is C14H19BrN4O. The smallest absolute Gasteiger partial charge is 0.270 e. The number of aromatic nitrogens is 3. The van der Waals surface area contributed by atoms with E-state index in [1.54, 1.807) is 10.9 Å². The first-order valence-electron chi connectivity index (χ1n) is 6.67. The molecule has 2 rings (SSSR count). The maximum absolute atomic E-state index is 12.6. The summed E-state index contributed by atoms with van der Waals surface area (Å²) < 4.78 is 4.64. The van der Waals surface area contributed by atoms with Gasteiger partial charge in [0.1, 0.15) is 5.69 Å². The van der Waals surface area contributed by atoms with E-state index in [1.165, 1.54) is 0 Å². The summed E-state index contributed by atoms with van der Waals surface area (Å²) in [7, 11) is 1.88. The summed E-state index contributed by atoms with van der Waals surface area (Å²) in [6, 6.07) is 1.87. The highest BCUT2D eigenvalue weighted by Crippen LogP contribution is 2.17. The van der Waals surface area contributed by atoms with E-state index in [1.807, 2.05) is 48.8 Å². The van der Waals surface area contributed by atoms with Crippen molar-refractivity contribution in [1.82, 2.24) is 19.2 Å². The van der Waals surface area contributed by atoms with E-state index in [9.17, 15) is 4.79 Å². The molecule has 0 aliphatic rings. The third-order valence-corrected chi connectivity index (χ3v) is 3.66. The van der Waals surface area contributed by atoms with Crippen LogP contribution in [-0.4, -0.2) is 31.7 Å². The summed E-state index contributed by atoms with van der Waals surface area (Å²) in [5.41, 5.74) is 1.75. The van der Waals surface area contributed by atoms with Gasteiger partial charge in [-0.3, -0.25) is 9.48 Å². The van der Waals surface area contributed by atoms with Crippen LogP contribution in [0.5, 0.6) is 0 Å². The van der Waals surface area contributed by atoms with Gasteiger partial charge >= 0.3 is 0 Å². The lowest BCUT2D eigenvalue weighted by Crippen LogP contribution is -2.31. The molecular weight excluding hydrogens is 320 g/mol. The Morgan fingerprint density at radius 3 is 2.70 bits per heavy atom. The maximum atomic E-state index is 12.6. The zero-order valence-corrected chi connectivity index (χ0v) is 13.6. The van der Waals surface area contributed by atoms with Gasteiger partial charge in [0.25, 0.3) is 5.91 Å². The number of amides is 1. The van der Waals surface area contributed by atoms with Gasteiger partial charge in [-0.15, -0.1) is 0 Å². The Labute approximate surface area is 127 Å². The summed E-state index contributed by atoms with van der Waals surface area (Å²) in [6.45, 7) is 6.04. The largest absolute Gasteiger partial charge is 0.343 e. The van der Waals surface area contributed by atoms with Crippen LogP contribution in [0.25, 0.3) is 0 Å². The van der Waals surface area contributed by atoms with Crippen LogP contribution in [0, 0.1) is 0 Å². The maximum Gasteiger partial charge on any atom is 0.270 e. The Morgan fingerprint density at radius 2 is 2.15 bits per heavy atom. The van der Waals surface area contributed by atoms with Crippen molar-refractivity contribution < 1.29 is 4.79 Å². The highest BCUT2D eigenvalue weighted by molar-refractivity contribution is 9.10. The second-order valence-corrected chi connectivity index (χ2v) is 5.59. The van der Waals surface area contributed by atoms with Crippen molar-refractivity contribution in [2.75, 3.05) is 6.54 Å². The van der Waals surface area contributed by atoms with Crippen LogP contribution in [0.2, 0.25) is 0 Å². The number of aryl methyl sites for hydroxylation is 2. The number of hydrogen-bond acceptors (Lipinski definition) is 2. The van der Waals surface area contributed by atoms with Crippen molar-refractivity contribution >= 4 is 21.8 Å². The number of carbonyl (C=O) groups is 1. The molecule has 2 heterocycles. The Hall–Kier alpha value is -1.56. The van der Waals surface area contributed by atoms with Gasteiger partial charge in [-0.25, -0.2) is 0 Å². The Balaban J connectivity index is 2.20. The molecule has 0 aliphatic carbocycles. The third-order valence-electron chi connectivity index (χ3n) is 3.22. The summed E-state index contributed by atoms with van der Waals surface area (Å²) in [4.78, 5) is 14.5. The van der Waals surface area contributed by atoms with Crippen LogP contribution in [-0.2, 0) is 20.1 Å². The Kier molecular flexibility index (Phi) is 4.65. The van der Waals surface area contributed by atoms with Gasteiger partial charge in [0.2, 0.25) is 0 Å². The first-order valence-corrected chi connectivity index (χ1v) is 7.46. The zero-order chi connectivity index (χ0) is 14.7. The fourth-order valence-electron chi connectivity index (χ4n) is 2.18. The molecule has 108 valence electrons. The predicted octanol–water partition coefficient (Wildman–Crippen LogP) is 2.67. The molecule has 0 atom stereocenters. The Bertz CT molecular complexity index is 602. The molecule has 0 N–H and O–H groups in total. The molecule has 0 unspecified atom stereocenters. The first kappa shape index (κ1) is 14.8. The molecule has 0 bridgehead atoms. The van der Waals surface area contributed by atoms with E-state index in [0.717, 1.165) is 16.6 Å². The third kappa shape index (κ3) is 3.12. The van der Waals surface area contributed by atoms with E-state index < -0.39 is 0 Å². The molecule has 0 saturated carbocycles. The van der Waals surface area contributed by atoms with Gasteiger partial charge in [0, 0.05) is 49.1 Å². The lowest BCUT2D eigenvalue weighted by molar-refractivity contribution is 0.0742. The van der Waals surface area contributed by atoms with Gasteiger partial charge in [0.05, 0.1) is 6.20 Å². The minimum Gasteiger partial charge on any atom is -0.343 e. The molecule has 5 nitrogen and oxygen atoms in total. The normalized spacial score (nSPS) is 10.8. The molecule has 0 radical (unpaired) electrons. The van der Waals surface area contributed by atoms with Crippen LogP contribution < -0.4 is 0 Å². The van der Waals surface area contributed by atoms with Crippen molar-refractivity contribution in [3.8, 4) is 0 Å². The van der Waals surface area contributed by atoms with E-state index in [4.69, 9.17) is 0 Å². The van der Waals surface area contributed by atoms with Gasteiger partial charge in [-0.1, -0.05) is 0 Å². The second kappa shape index (κ2) is 6.26. The fourth-order valence-corrected chi connectivity index (χ4v) is 2.64. The number of halogens is 1. The van der Waals surface area contributed by atoms with Crippen LogP contribution in [0.4, 0.5) is 0 Å². The first-order chi connectivity index (χ1) is 9.55. The van der Waals surface area contributed by atoms with E-state index in [0.29, 0.717) is 18.8 Å². The average molecular weight is 339 g/mol. The number of rotatable bonds is 5. The second-order valence-electron chi connectivity index (χ2n) is 4.67. The highest BCUT2D eigenvalue weighted by atomic mass is 79.9.